The summed E-state index contributed by atoms with van der Waals surface area (Å²) in [5, 5.41) is 3.44. The second-order valence-corrected chi connectivity index (χ2v) is 8.72. The summed E-state index contributed by atoms with van der Waals surface area (Å²) >= 11 is 0. The van der Waals surface area contributed by atoms with Crippen LogP contribution in [0.5, 0.6) is 0 Å². The van der Waals surface area contributed by atoms with E-state index in [9.17, 15) is 14.0 Å². The van der Waals surface area contributed by atoms with Crippen molar-refractivity contribution in [1.29, 1.82) is 0 Å². The molecule has 0 atom stereocenters. The Hall–Kier alpha value is -3.14. The van der Waals surface area contributed by atoms with Crippen LogP contribution in [-0.2, 0) is 13.6 Å². The molecule has 2 aliphatic rings. The topological polar surface area (TPSA) is 97.9 Å². The monoisotopic (exact) mass is 439 g/mol. The lowest BCUT2D eigenvalue weighted by atomic mass is 10.0. The minimum Gasteiger partial charge on any atom is -0.341 e. The van der Waals surface area contributed by atoms with Crippen LogP contribution in [0.4, 0.5) is 10.3 Å². The molecule has 4 heterocycles. The van der Waals surface area contributed by atoms with Crippen molar-refractivity contribution in [3.8, 4) is 0 Å². The van der Waals surface area contributed by atoms with Crippen LogP contribution >= 0.6 is 0 Å². The van der Waals surface area contributed by atoms with Gasteiger partial charge >= 0.3 is 11.1 Å². The zero-order chi connectivity index (χ0) is 22.2. The molecule has 0 bridgehead atoms. The first kappa shape index (κ1) is 20.7. The van der Waals surface area contributed by atoms with Crippen LogP contribution in [0.15, 0.2) is 34.2 Å². The van der Waals surface area contributed by atoms with E-state index in [1.54, 1.807) is 0 Å². The van der Waals surface area contributed by atoms with Crippen molar-refractivity contribution in [2.45, 2.75) is 38.3 Å². The van der Waals surface area contributed by atoms with E-state index >= 15 is 0 Å². The Bertz CT molecular complexity index is 1240. The second kappa shape index (κ2) is 8.42. The number of piperidine rings is 1. The van der Waals surface area contributed by atoms with E-state index in [1.165, 1.54) is 30.5 Å². The molecule has 168 valence electrons. The van der Waals surface area contributed by atoms with E-state index < -0.39 is 16.9 Å². The molecule has 0 aromatic carbocycles. The van der Waals surface area contributed by atoms with Crippen molar-refractivity contribution in [1.82, 2.24) is 29.4 Å². The van der Waals surface area contributed by atoms with Gasteiger partial charge in [-0.15, -0.1) is 0 Å². The fourth-order valence-corrected chi connectivity index (χ4v) is 4.31. The summed E-state index contributed by atoms with van der Waals surface area (Å²) in [4.78, 5) is 40.4. The molecule has 0 radical (unpaired) electrons. The van der Waals surface area contributed by atoms with Crippen LogP contribution < -0.4 is 21.3 Å². The highest BCUT2D eigenvalue weighted by Gasteiger charge is 2.26. The number of hydrogen-bond donors (Lipinski definition) is 1. The number of hydrogen-bond acceptors (Lipinski definition) is 7. The van der Waals surface area contributed by atoms with E-state index in [1.807, 2.05) is 12.4 Å². The minimum absolute atomic E-state index is 0.195. The van der Waals surface area contributed by atoms with Crippen LogP contribution in [0.3, 0.4) is 0 Å². The predicted molar refractivity (Wildman–Crippen MR) is 118 cm³/mol. The molecule has 10 heteroatoms. The summed E-state index contributed by atoms with van der Waals surface area (Å²) in [6.45, 7) is 3.11. The van der Waals surface area contributed by atoms with E-state index in [0.29, 0.717) is 43.0 Å². The highest BCUT2D eigenvalue weighted by molar-refractivity contribution is 5.70. The first-order valence-corrected chi connectivity index (χ1v) is 11.0. The molecular formula is C22H26FN7O2. The Kier molecular flexibility index (Phi) is 5.46. The molecule has 1 aliphatic heterocycles. The molecular weight excluding hydrogens is 413 g/mol. The third-order valence-corrected chi connectivity index (χ3v) is 6.37. The fraction of sp³-hybridized carbons (Fsp3) is 0.500. The molecule has 1 aliphatic carbocycles. The van der Waals surface area contributed by atoms with Crippen LogP contribution in [-0.4, -0.2) is 43.7 Å². The van der Waals surface area contributed by atoms with Crippen molar-refractivity contribution in [3.63, 3.8) is 0 Å². The van der Waals surface area contributed by atoms with Gasteiger partial charge < -0.3 is 14.8 Å². The number of anilines is 1. The second-order valence-electron chi connectivity index (χ2n) is 8.72. The Morgan fingerprint density at radius 2 is 1.75 bits per heavy atom. The van der Waals surface area contributed by atoms with Crippen LogP contribution in [0.1, 0.15) is 37.3 Å². The molecule has 1 saturated carbocycles. The lowest BCUT2D eigenvalue weighted by Gasteiger charge is -2.33. The van der Waals surface area contributed by atoms with Crippen molar-refractivity contribution in [2.24, 2.45) is 13.0 Å². The van der Waals surface area contributed by atoms with Gasteiger partial charge in [-0.2, -0.15) is 0 Å². The molecule has 3 aromatic heterocycles. The number of aromatic nitrogens is 5. The molecule has 0 spiro atoms. The summed E-state index contributed by atoms with van der Waals surface area (Å²) in [6, 6.07) is 1.04. The first-order chi connectivity index (χ1) is 15.5. The van der Waals surface area contributed by atoms with Gasteiger partial charge in [-0.1, -0.05) is 0 Å². The largest absolute Gasteiger partial charge is 0.341 e. The zero-order valence-electron chi connectivity index (χ0n) is 18.0. The summed E-state index contributed by atoms with van der Waals surface area (Å²) in [7, 11) is 1.46. The van der Waals surface area contributed by atoms with Crippen molar-refractivity contribution in [3.05, 3.63) is 56.7 Å². The molecule has 0 amide bonds. The Labute approximate surface area is 183 Å². The van der Waals surface area contributed by atoms with E-state index in [0.717, 1.165) is 35.3 Å². The average molecular weight is 439 g/mol. The van der Waals surface area contributed by atoms with Crippen LogP contribution in [0, 0.1) is 11.7 Å². The Balaban J connectivity index is 1.30. The van der Waals surface area contributed by atoms with Crippen LogP contribution in [0.2, 0.25) is 0 Å². The van der Waals surface area contributed by atoms with Gasteiger partial charge in [0.05, 0.1) is 11.7 Å². The maximum absolute atomic E-state index is 13.7. The lowest BCUT2D eigenvalue weighted by Crippen LogP contribution is -2.45. The highest BCUT2D eigenvalue weighted by atomic mass is 19.1. The molecule has 3 aromatic rings. The summed E-state index contributed by atoms with van der Waals surface area (Å²) in [6.07, 6.45) is 8.70. The lowest BCUT2D eigenvalue weighted by molar-refractivity contribution is 0.389. The average Bonchev–Trinajstić information content (AvgIpc) is 3.64. The maximum atomic E-state index is 13.7. The Morgan fingerprint density at radius 3 is 2.44 bits per heavy atom. The molecule has 9 nitrogen and oxygen atoms in total. The van der Waals surface area contributed by atoms with E-state index in [-0.39, 0.29) is 6.04 Å². The molecule has 1 N–H and O–H groups in total. The smallest absolute Gasteiger partial charge is 0.318 e. The molecule has 2 fully saturated rings. The SMILES string of the molecule is Cn1c(=O)c(=O)n(C2CCN(c3ncc(CNCC4CC4)cn3)CC2)c2ncc(F)cc21. The number of halogens is 1. The summed E-state index contributed by atoms with van der Waals surface area (Å²) in [5.41, 5.74) is 0.390. The summed E-state index contributed by atoms with van der Waals surface area (Å²) in [5.74, 6) is 0.951. The van der Waals surface area contributed by atoms with Crippen molar-refractivity contribution in [2.75, 3.05) is 24.5 Å². The molecule has 0 unspecified atom stereocenters. The van der Waals surface area contributed by atoms with Gasteiger partial charge in [0.25, 0.3) is 0 Å². The van der Waals surface area contributed by atoms with Gasteiger partial charge in [-0.05, 0) is 38.1 Å². The minimum atomic E-state index is -0.679. The number of rotatable bonds is 6. The van der Waals surface area contributed by atoms with Crippen molar-refractivity contribution < 1.29 is 4.39 Å². The van der Waals surface area contributed by atoms with Crippen LogP contribution in [0.25, 0.3) is 11.2 Å². The quantitative estimate of drug-likeness (QED) is 0.579. The number of fused-ring (bicyclic) bond motifs is 1. The third-order valence-electron chi connectivity index (χ3n) is 6.37. The summed E-state index contributed by atoms with van der Waals surface area (Å²) < 4.78 is 16.3. The number of aryl methyl sites for hydroxylation is 1. The zero-order valence-corrected chi connectivity index (χ0v) is 18.0. The molecule has 32 heavy (non-hydrogen) atoms. The van der Waals surface area contributed by atoms with Gasteiger partial charge in [0.15, 0.2) is 5.65 Å². The number of nitrogens with zero attached hydrogens (tertiary/aromatic N) is 6. The fourth-order valence-electron chi connectivity index (χ4n) is 4.31. The molecule has 1 saturated heterocycles. The standard InChI is InChI=1S/C22H26FN7O2/c1-28-18-8-16(23)13-25-19(18)30(21(32)20(28)31)17-4-6-29(7-5-17)22-26-11-15(12-27-22)10-24-9-14-2-3-14/h8,11-14,17,24H,2-7,9-10H2,1H3. The van der Waals surface area contributed by atoms with Gasteiger partial charge in [-0.3, -0.25) is 14.2 Å². The van der Waals surface area contributed by atoms with Gasteiger partial charge in [0, 0.05) is 56.7 Å². The van der Waals surface area contributed by atoms with Gasteiger partial charge in [0.2, 0.25) is 5.95 Å². The predicted octanol–water partition coefficient (Wildman–Crippen LogP) is 1.37. The van der Waals surface area contributed by atoms with E-state index in [2.05, 4.69) is 25.2 Å². The van der Waals surface area contributed by atoms with E-state index in [4.69, 9.17) is 0 Å². The maximum Gasteiger partial charge on any atom is 0.318 e. The third kappa shape index (κ3) is 4.02. The number of pyridine rings is 1. The van der Waals surface area contributed by atoms with Gasteiger partial charge in [-0.25, -0.2) is 19.3 Å². The molecule has 5 rings (SSSR count). The number of nitrogens with one attached hydrogen (secondary N) is 1. The Morgan fingerprint density at radius 1 is 1.03 bits per heavy atom. The van der Waals surface area contributed by atoms with Gasteiger partial charge in [0.1, 0.15) is 5.82 Å². The normalized spacial score (nSPS) is 17.2. The van der Waals surface area contributed by atoms with Crippen molar-refractivity contribution >= 4 is 17.1 Å². The first-order valence-electron chi connectivity index (χ1n) is 11.0. The highest BCUT2D eigenvalue weighted by Crippen LogP contribution is 2.28.